The Balaban J connectivity index is 1.65. The summed E-state index contributed by atoms with van der Waals surface area (Å²) < 4.78 is 2.00. The number of hydrogen-bond acceptors (Lipinski definition) is 2. The Labute approximate surface area is 126 Å². The number of nitrogens with one attached hydrogen (secondary N) is 2. The number of rotatable bonds is 2. The number of benzene rings is 2. The Hall–Kier alpha value is -3.08. The summed E-state index contributed by atoms with van der Waals surface area (Å²) in [6.07, 6.45) is 3.62. The van der Waals surface area contributed by atoms with E-state index in [0.29, 0.717) is 5.56 Å². The molecule has 0 aliphatic heterocycles. The summed E-state index contributed by atoms with van der Waals surface area (Å²) in [5.41, 5.74) is 4.20. The average molecular weight is 290 g/mol. The molecule has 2 N–H and O–H groups in total. The lowest BCUT2D eigenvalue weighted by Crippen LogP contribution is -2.11. The summed E-state index contributed by atoms with van der Waals surface area (Å²) in [4.78, 5) is 19.6. The van der Waals surface area contributed by atoms with E-state index in [0.717, 1.165) is 27.6 Å². The van der Waals surface area contributed by atoms with E-state index in [9.17, 15) is 4.79 Å². The smallest absolute Gasteiger partial charge is 0.255 e. The van der Waals surface area contributed by atoms with Crippen LogP contribution in [0.2, 0.25) is 0 Å². The van der Waals surface area contributed by atoms with Crippen LogP contribution in [-0.2, 0) is 7.05 Å². The average Bonchev–Trinajstić information content (AvgIpc) is 3.13. The van der Waals surface area contributed by atoms with E-state index < -0.39 is 0 Å². The second kappa shape index (κ2) is 4.73. The van der Waals surface area contributed by atoms with Gasteiger partial charge in [-0.15, -0.1) is 0 Å². The molecule has 0 atom stereocenters. The minimum atomic E-state index is -0.123. The lowest BCUT2D eigenvalue weighted by atomic mass is 10.1. The quantitative estimate of drug-likeness (QED) is 0.595. The number of amides is 1. The van der Waals surface area contributed by atoms with Gasteiger partial charge in [0.25, 0.3) is 5.91 Å². The number of anilines is 1. The molecule has 0 saturated carbocycles. The first-order chi connectivity index (χ1) is 10.7. The van der Waals surface area contributed by atoms with Crippen LogP contribution in [0.4, 0.5) is 5.69 Å². The van der Waals surface area contributed by atoms with E-state index in [-0.39, 0.29) is 5.91 Å². The van der Waals surface area contributed by atoms with Gasteiger partial charge in [-0.1, -0.05) is 6.07 Å². The predicted octanol–water partition coefficient (Wildman–Crippen LogP) is 3.31. The van der Waals surface area contributed by atoms with E-state index in [1.165, 1.54) is 0 Å². The van der Waals surface area contributed by atoms with Crippen LogP contribution in [0, 0.1) is 0 Å². The number of hydrogen-bond donors (Lipinski definition) is 2. The monoisotopic (exact) mass is 290 g/mol. The summed E-state index contributed by atoms with van der Waals surface area (Å²) in [7, 11) is 1.97. The van der Waals surface area contributed by atoms with Gasteiger partial charge in [0.2, 0.25) is 0 Å². The Kier molecular flexibility index (Phi) is 2.72. The molecule has 4 aromatic rings. The standard InChI is InChI=1S/C17H14N4O/c1-21-7-6-11-2-3-12(8-16(11)21)17(22)20-13-4-5-14-15(9-13)19-10-18-14/h2-10H,1H3,(H,18,19)(H,20,22). The number of H-pyrrole nitrogens is 1. The zero-order valence-electron chi connectivity index (χ0n) is 12.0. The Bertz CT molecular complexity index is 996. The molecule has 0 aliphatic carbocycles. The molecule has 0 aliphatic rings. The topological polar surface area (TPSA) is 62.7 Å². The summed E-state index contributed by atoms with van der Waals surface area (Å²) in [6.45, 7) is 0. The van der Waals surface area contributed by atoms with Crippen LogP contribution in [-0.4, -0.2) is 20.4 Å². The molecule has 0 fully saturated rings. The van der Waals surface area contributed by atoms with Crippen LogP contribution < -0.4 is 5.32 Å². The molecular weight excluding hydrogens is 276 g/mol. The molecule has 22 heavy (non-hydrogen) atoms. The Morgan fingerprint density at radius 1 is 1.18 bits per heavy atom. The Morgan fingerprint density at radius 3 is 3.00 bits per heavy atom. The van der Waals surface area contributed by atoms with E-state index in [4.69, 9.17) is 0 Å². The molecule has 2 aromatic heterocycles. The first kappa shape index (κ1) is 12.6. The third-order valence-corrected chi connectivity index (χ3v) is 3.83. The lowest BCUT2D eigenvalue weighted by Gasteiger charge is -2.06. The van der Waals surface area contributed by atoms with E-state index in [1.807, 2.05) is 60.3 Å². The first-order valence-corrected chi connectivity index (χ1v) is 7.00. The highest BCUT2D eigenvalue weighted by Gasteiger charge is 2.09. The van der Waals surface area contributed by atoms with Crippen molar-refractivity contribution in [2.45, 2.75) is 0 Å². The number of nitrogens with zero attached hydrogens (tertiary/aromatic N) is 2. The normalized spacial score (nSPS) is 11.1. The number of carbonyl (C=O) groups excluding carboxylic acids is 1. The first-order valence-electron chi connectivity index (χ1n) is 7.00. The van der Waals surface area contributed by atoms with Gasteiger partial charge in [-0.3, -0.25) is 4.79 Å². The van der Waals surface area contributed by atoms with Crippen LogP contribution >= 0.6 is 0 Å². The zero-order valence-corrected chi connectivity index (χ0v) is 12.0. The molecule has 4 rings (SSSR count). The van der Waals surface area contributed by atoms with Crippen molar-refractivity contribution in [2.24, 2.45) is 7.05 Å². The fourth-order valence-corrected chi connectivity index (χ4v) is 2.62. The third kappa shape index (κ3) is 2.03. The summed E-state index contributed by atoms with van der Waals surface area (Å²) >= 11 is 0. The van der Waals surface area contributed by atoms with E-state index in [1.54, 1.807) is 6.33 Å². The van der Waals surface area contributed by atoms with E-state index >= 15 is 0 Å². The summed E-state index contributed by atoms with van der Waals surface area (Å²) in [5.74, 6) is -0.123. The second-order valence-electron chi connectivity index (χ2n) is 5.29. The minimum Gasteiger partial charge on any atom is -0.351 e. The molecule has 2 heterocycles. The zero-order chi connectivity index (χ0) is 15.1. The SMILES string of the molecule is Cn1ccc2ccc(C(=O)Nc3ccc4nc[nH]c4c3)cc21. The number of fused-ring (bicyclic) bond motifs is 2. The molecule has 5 nitrogen and oxygen atoms in total. The third-order valence-electron chi connectivity index (χ3n) is 3.83. The molecular formula is C17H14N4O. The van der Waals surface area contributed by atoms with Crippen molar-refractivity contribution >= 4 is 33.5 Å². The molecule has 5 heteroatoms. The molecule has 0 bridgehead atoms. The van der Waals surface area contributed by atoms with E-state index in [2.05, 4.69) is 15.3 Å². The highest BCUT2D eigenvalue weighted by Crippen LogP contribution is 2.19. The fourth-order valence-electron chi connectivity index (χ4n) is 2.62. The molecule has 2 aromatic carbocycles. The van der Waals surface area contributed by atoms with Crippen molar-refractivity contribution in [1.29, 1.82) is 0 Å². The maximum Gasteiger partial charge on any atom is 0.255 e. The van der Waals surface area contributed by atoms with Crippen LogP contribution in [0.25, 0.3) is 21.9 Å². The number of aromatic amines is 1. The number of aromatic nitrogens is 3. The minimum absolute atomic E-state index is 0.123. The van der Waals surface area contributed by atoms with Crippen molar-refractivity contribution in [2.75, 3.05) is 5.32 Å². The maximum absolute atomic E-state index is 12.4. The lowest BCUT2D eigenvalue weighted by molar-refractivity contribution is 0.102. The van der Waals surface area contributed by atoms with Crippen LogP contribution in [0.5, 0.6) is 0 Å². The van der Waals surface area contributed by atoms with Crippen molar-refractivity contribution < 1.29 is 4.79 Å². The number of aryl methyl sites for hydroxylation is 1. The van der Waals surface area contributed by atoms with Gasteiger partial charge in [-0.2, -0.15) is 0 Å². The van der Waals surface area contributed by atoms with Crippen LogP contribution in [0.3, 0.4) is 0 Å². The molecule has 0 radical (unpaired) electrons. The molecule has 0 spiro atoms. The van der Waals surface area contributed by atoms with Crippen molar-refractivity contribution in [3.05, 3.63) is 60.6 Å². The van der Waals surface area contributed by atoms with Gasteiger partial charge >= 0.3 is 0 Å². The van der Waals surface area contributed by atoms with Gasteiger partial charge in [-0.25, -0.2) is 4.98 Å². The highest BCUT2D eigenvalue weighted by molar-refractivity contribution is 6.06. The fraction of sp³-hybridized carbons (Fsp3) is 0.0588. The van der Waals surface area contributed by atoms with Gasteiger partial charge in [0, 0.05) is 30.0 Å². The van der Waals surface area contributed by atoms with Crippen LogP contribution in [0.1, 0.15) is 10.4 Å². The predicted molar refractivity (Wildman–Crippen MR) is 87.0 cm³/mol. The van der Waals surface area contributed by atoms with Crippen molar-refractivity contribution in [1.82, 2.24) is 14.5 Å². The molecule has 1 amide bonds. The van der Waals surface area contributed by atoms with Gasteiger partial charge in [0.1, 0.15) is 0 Å². The second-order valence-corrected chi connectivity index (χ2v) is 5.29. The van der Waals surface area contributed by atoms with Gasteiger partial charge in [0.15, 0.2) is 0 Å². The molecule has 0 unspecified atom stereocenters. The number of carbonyl (C=O) groups is 1. The van der Waals surface area contributed by atoms with Crippen molar-refractivity contribution in [3.8, 4) is 0 Å². The van der Waals surface area contributed by atoms with Gasteiger partial charge in [-0.05, 0) is 41.8 Å². The summed E-state index contributed by atoms with van der Waals surface area (Å²) in [5, 5.41) is 4.04. The molecule has 0 saturated heterocycles. The largest absolute Gasteiger partial charge is 0.351 e. The maximum atomic E-state index is 12.4. The van der Waals surface area contributed by atoms with Gasteiger partial charge < -0.3 is 14.9 Å². The van der Waals surface area contributed by atoms with Crippen molar-refractivity contribution in [3.63, 3.8) is 0 Å². The number of imidazole rings is 1. The van der Waals surface area contributed by atoms with Gasteiger partial charge in [0.05, 0.1) is 17.4 Å². The Morgan fingerprint density at radius 2 is 2.09 bits per heavy atom. The van der Waals surface area contributed by atoms with Crippen LogP contribution in [0.15, 0.2) is 55.0 Å². The highest BCUT2D eigenvalue weighted by atomic mass is 16.1. The molecule has 108 valence electrons. The summed E-state index contributed by atoms with van der Waals surface area (Å²) in [6, 6.07) is 13.3.